The molecule has 2 unspecified atom stereocenters. The van der Waals surface area contributed by atoms with E-state index in [4.69, 9.17) is 5.11 Å². The quantitative estimate of drug-likeness (QED) is 0.616. The van der Waals surface area contributed by atoms with Gasteiger partial charge in [-0.25, -0.2) is 9.18 Å². The summed E-state index contributed by atoms with van der Waals surface area (Å²) in [6.45, 7) is 3.41. The fourth-order valence-electron chi connectivity index (χ4n) is 1.70. The number of carbonyl (C=O) groups excluding carboxylic acids is 1. The zero-order valence-corrected chi connectivity index (χ0v) is 11.5. The van der Waals surface area contributed by atoms with Gasteiger partial charge in [0.05, 0.1) is 16.6 Å². The number of hydrogen-bond acceptors (Lipinski definition) is 4. The molecule has 0 heterocycles. The van der Waals surface area contributed by atoms with E-state index in [1.165, 1.54) is 0 Å². The van der Waals surface area contributed by atoms with Crippen LogP contribution in [0.4, 0.5) is 10.1 Å². The summed E-state index contributed by atoms with van der Waals surface area (Å²) in [7, 11) is 0. The summed E-state index contributed by atoms with van der Waals surface area (Å²) in [5, 5.41) is 21.8. The Balaban J connectivity index is 2.98. The van der Waals surface area contributed by atoms with Gasteiger partial charge in [0.15, 0.2) is 0 Å². The van der Waals surface area contributed by atoms with Crippen LogP contribution in [0.15, 0.2) is 18.2 Å². The minimum atomic E-state index is -1.22. The average Bonchev–Trinajstić information content (AvgIpc) is 2.42. The molecule has 0 saturated carbocycles. The molecular weight excluding hydrogens is 283 g/mol. The lowest BCUT2D eigenvalue weighted by Crippen LogP contribution is -2.45. The Hall–Kier alpha value is -2.51. The smallest absolute Gasteiger partial charge is 0.326 e. The van der Waals surface area contributed by atoms with E-state index in [9.17, 15) is 24.1 Å². The van der Waals surface area contributed by atoms with E-state index < -0.39 is 39.9 Å². The summed E-state index contributed by atoms with van der Waals surface area (Å²) in [4.78, 5) is 32.7. The number of halogens is 1. The lowest BCUT2D eigenvalue weighted by Gasteiger charge is -2.20. The number of carboxylic acid groups (broad SMARTS) is 1. The summed E-state index contributed by atoms with van der Waals surface area (Å²) in [5.41, 5.74) is -0.920. The molecule has 8 heteroatoms. The first kappa shape index (κ1) is 16.5. The maximum absolute atomic E-state index is 13.7. The zero-order valence-electron chi connectivity index (χ0n) is 11.5. The van der Waals surface area contributed by atoms with Gasteiger partial charge in [0.25, 0.3) is 11.6 Å². The molecule has 0 spiro atoms. The van der Waals surface area contributed by atoms with Crippen LogP contribution in [-0.4, -0.2) is 27.9 Å². The van der Waals surface area contributed by atoms with E-state index in [1.807, 2.05) is 0 Å². The highest BCUT2D eigenvalue weighted by Crippen LogP contribution is 2.17. The number of benzene rings is 1. The van der Waals surface area contributed by atoms with Crippen molar-refractivity contribution in [3.05, 3.63) is 39.7 Å². The molecule has 0 saturated heterocycles. The Morgan fingerprint density at radius 3 is 2.52 bits per heavy atom. The number of non-ortho nitro benzene ring substituents is 1. The maximum atomic E-state index is 13.7. The summed E-state index contributed by atoms with van der Waals surface area (Å²) in [6, 6.07) is 1.40. The van der Waals surface area contributed by atoms with Gasteiger partial charge in [0.1, 0.15) is 11.9 Å². The van der Waals surface area contributed by atoms with Crippen molar-refractivity contribution in [3.8, 4) is 0 Å². The first-order valence-electron chi connectivity index (χ1n) is 6.25. The maximum Gasteiger partial charge on any atom is 0.326 e. The van der Waals surface area contributed by atoms with E-state index in [1.54, 1.807) is 13.8 Å². The molecule has 0 radical (unpaired) electrons. The Morgan fingerprint density at radius 2 is 2.10 bits per heavy atom. The van der Waals surface area contributed by atoms with E-state index in [0.717, 1.165) is 12.1 Å². The molecule has 0 aromatic heterocycles. The van der Waals surface area contributed by atoms with Crippen molar-refractivity contribution >= 4 is 17.6 Å². The highest BCUT2D eigenvalue weighted by atomic mass is 19.1. The second-order valence-electron chi connectivity index (χ2n) is 4.60. The van der Waals surface area contributed by atoms with Crippen molar-refractivity contribution in [1.29, 1.82) is 0 Å². The van der Waals surface area contributed by atoms with Crippen LogP contribution in [0.2, 0.25) is 0 Å². The summed E-state index contributed by atoms with van der Waals surface area (Å²) >= 11 is 0. The van der Waals surface area contributed by atoms with E-state index in [-0.39, 0.29) is 5.92 Å². The fraction of sp³-hybridized carbons (Fsp3) is 0.385. The molecule has 2 N–H and O–H groups in total. The number of carbonyl (C=O) groups is 2. The van der Waals surface area contributed by atoms with Gasteiger partial charge in [0, 0.05) is 6.07 Å². The molecule has 0 aliphatic heterocycles. The van der Waals surface area contributed by atoms with E-state index in [2.05, 4.69) is 5.32 Å². The summed E-state index contributed by atoms with van der Waals surface area (Å²) in [6.07, 6.45) is 0.514. The lowest BCUT2D eigenvalue weighted by atomic mass is 9.99. The number of nitro benzene ring substituents is 1. The second-order valence-corrected chi connectivity index (χ2v) is 4.60. The Labute approximate surface area is 119 Å². The molecule has 0 bridgehead atoms. The van der Waals surface area contributed by atoms with Gasteiger partial charge >= 0.3 is 5.97 Å². The van der Waals surface area contributed by atoms with Gasteiger partial charge in [-0.05, 0) is 12.0 Å². The van der Waals surface area contributed by atoms with Crippen molar-refractivity contribution in [2.45, 2.75) is 26.3 Å². The number of nitro groups is 1. The number of rotatable bonds is 6. The van der Waals surface area contributed by atoms with E-state index in [0.29, 0.717) is 12.5 Å². The summed E-state index contributed by atoms with van der Waals surface area (Å²) in [5.74, 6) is -3.56. The monoisotopic (exact) mass is 298 g/mol. The molecule has 1 aromatic carbocycles. The fourth-order valence-corrected chi connectivity index (χ4v) is 1.70. The van der Waals surface area contributed by atoms with Crippen molar-refractivity contribution in [3.63, 3.8) is 0 Å². The summed E-state index contributed by atoms with van der Waals surface area (Å²) < 4.78 is 13.7. The molecule has 114 valence electrons. The highest BCUT2D eigenvalue weighted by molar-refractivity contribution is 5.97. The van der Waals surface area contributed by atoms with Gasteiger partial charge in [-0.3, -0.25) is 14.9 Å². The van der Waals surface area contributed by atoms with Crippen LogP contribution in [0.3, 0.4) is 0 Å². The number of amides is 1. The molecule has 1 aromatic rings. The Kier molecular flexibility index (Phi) is 5.34. The molecule has 7 nitrogen and oxygen atoms in total. The number of hydrogen-bond donors (Lipinski definition) is 2. The van der Waals surface area contributed by atoms with Crippen LogP contribution < -0.4 is 5.32 Å². The average molecular weight is 298 g/mol. The third kappa shape index (κ3) is 3.98. The van der Waals surface area contributed by atoms with Crippen LogP contribution in [0, 0.1) is 21.8 Å². The van der Waals surface area contributed by atoms with Crippen molar-refractivity contribution in [2.24, 2.45) is 5.92 Å². The SMILES string of the molecule is CCC(C)C(NC(=O)c1ccc([N+](=O)[O-])cc1F)C(=O)O. The van der Waals surface area contributed by atoms with Crippen LogP contribution >= 0.6 is 0 Å². The topological polar surface area (TPSA) is 110 Å². The van der Waals surface area contributed by atoms with Gasteiger partial charge in [0.2, 0.25) is 0 Å². The first-order valence-corrected chi connectivity index (χ1v) is 6.25. The molecule has 1 rings (SSSR count). The molecule has 0 aliphatic rings. The van der Waals surface area contributed by atoms with Crippen molar-refractivity contribution < 1.29 is 24.0 Å². The third-order valence-electron chi connectivity index (χ3n) is 3.17. The Morgan fingerprint density at radius 1 is 1.48 bits per heavy atom. The molecule has 21 heavy (non-hydrogen) atoms. The standard InChI is InChI=1S/C13H15FN2O5/c1-3-7(2)11(13(18)19)15-12(17)9-5-4-8(16(20)21)6-10(9)14/h4-7,11H,3H2,1-2H3,(H,15,17)(H,18,19). The van der Waals surface area contributed by atoms with Gasteiger partial charge in [-0.2, -0.15) is 0 Å². The van der Waals surface area contributed by atoms with Crippen LogP contribution in [0.25, 0.3) is 0 Å². The lowest BCUT2D eigenvalue weighted by molar-refractivity contribution is -0.385. The minimum Gasteiger partial charge on any atom is -0.480 e. The predicted octanol–water partition coefficient (Wildman–Crippen LogP) is 1.96. The molecule has 0 fully saturated rings. The zero-order chi connectivity index (χ0) is 16.2. The van der Waals surface area contributed by atoms with Gasteiger partial charge in [-0.1, -0.05) is 20.3 Å². The van der Waals surface area contributed by atoms with E-state index >= 15 is 0 Å². The minimum absolute atomic E-state index is 0.340. The first-order chi connectivity index (χ1) is 9.77. The van der Waals surface area contributed by atoms with Crippen LogP contribution in [0.1, 0.15) is 30.6 Å². The van der Waals surface area contributed by atoms with Crippen LogP contribution in [0.5, 0.6) is 0 Å². The molecule has 1 amide bonds. The largest absolute Gasteiger partial charge is 0.480 e. The number of nitrogens with one attached hydrogen (secondary N) is 1. The number of carboxylic acids is 1. The van der Waals surface area contributed by atoms with Gasteiger partial charge < -0.3 is 10.4 Å². The predicted molar refractivity (Wildman–Crippen MR) is 71.4 cm³/mol. The second kappa shape index (κ2) is 6.78. The normalized spacial score (nSPS) is 13.3. The Bertz CT molecular complexity index is 576. The van der Waals surface area contributed by atoms with Crippen molar-refractivity contribution in [1.82, 2.24) is 5.32 Å². The molecule has 2 atom stereocenters. The van der Waals surface area contributed by atoms with Crippen LogP contribution in [-0.2, 0) is 4.79 Å². The van der Waals surface area contributed by atoms with Gasteiger partial charge in [-0.15, -0.1) is 0 Å². The molecular formula is C13H15FN2O5. The number of nitrogens with zero attached hydrogens (tertiary/aromatic N) is 1. The third-order valence-corrected chi connectivity index (χ3v) is 3.17. The molecule has 0 aliphatic carbocycles. The highest BCUT2D eigenvalue weighted by Gasteiger charge is 2.27. The van der Waals surface area contributed by atoms with Crippen molar-refractivity contribution in [2.75, 3.05) is 0 Å². The number of aliphatic carboxylic acids is 1.